The van der Waals surface area contributed by atoms with Gasteiger partial charge in [0.25, 0.3) is 0 Å². The first-order chi connectivity index (χ1) is 14.1. The van der Waals surface area contributed by atoms with Gasteiger partial charge in [-0.25, -0.2) is 0 Å². The third-order valence-electron chi connectivity index (χ3n) is 5.81. The zero-order chi connectivity index (χ0) is 20.1. The molecule has 0 spiro atoms. The fourth-order valence-electron chi connectivity index (χ4n) is 4.40. The average Bonchev–Trinajstić information content (AvgIpc) is 3.23. The predicted octanol–water partition coefficient (Wildman–Crippen LogP) is 6.70. The molecule has 3 aromatic carbocycles. The smallest absolute Gasteiger partial charge is 0.148 e. The van der Waals surface area contributed by atoms with Crippen molar-refractivity contribution in [1.82, 2.24) is 0 Å². The molecule has 0 bridgehead atoms. The van der Waals surface area contributed by atoms with E-state index in [4.69, 9.17) is 4.84 Å². The number of amidine groups is 1. The van der Waals surface area contributed by atoms with Gasteiger partial charge >= 0.3 is 0 Å². The summed E-state index contributed by atoms with van der Waals surface area (Å²) in [5.41, 5.74) is 9.74. The molecule has 0 aliphatic carbocycles. The van der Waals surface area contributed by atoms with E-state index >= 15 is 0 Å². The van der Waals surface area contributed by atoms with Crippen molar-refractivity contribution in [2.24, 2.45) is 5.16 Å². The van der Waals surface area contributed by atoms with Crippen molar-refractivity contribution < 1.29 is 24.9 Å². The first kappa shape index (κ1) is 20.8. The fourth-order valence-corrected chi connectivity index (χ4v) is 4.40. The van der Waals surface area contributed by atoms with Gasteiger partial charge in [-0.2, -0.15) is 24.3 Å². The number of anilines is 1. The van der Waals surface area contributed by atoms with Crippen molar-refractivity contribution >= 4 is 11.5 Å². The minimum absolute atomic E-state index is 0. The average molecular weight is 573 g/mol. The standard InChI is InChI=1S/C26H24N2O.Ir/c1-16(2)19-9-7-10-20(17(3)4)25(19)18-12-13-21-22-8-5-6-11-24(22)28-15-29-27-26(28)23(21)14-18;/h5-10,12-17H,1-4H3;/q-2;. The normalized spacial score (nSPS) is 13.9. The van der Waals surface area contributed by atoms with E-state index in [2.05, 4.69) is 81.4 Å². The zero-order valence-corrected chi connectivity index (χ0v) is 20.0. The second-order valence-corrected chi connectivity index (χ2v) is 8.31. The Labute approximate surface area is 192 Å². The van der Waals surface area contributed by atoms with Gasteiger partial charge in [0.2, 0.25) is 0 Å². The Balaban J connectivity index is 0.00000218. The Morgan fingerprint density at radius 3 is 2.33 bits per heavy atom. The van der Waals surface area contributed by atoms with E-state index in [0.29, 0.717) is 11.8 Å². The zero-order valence-electron chi connectivity index (χ0n) is 17.6. The molecule has 0 amide bonds. The van der Waals surface area contributed by atoms with Gasteiger partial charge in [-0.3, -0.25) is 0 Å². The first-order valence-corrected chi connectivity index (χ1v) is 10.2. The Morgan fingerprint density at radius 2 is 1.63 bits per heavy atom. The van der Waals surface area contributed by atoms with Gasteiger partial charge in [0.1, 0.15) is 5.84 Å². The van der Waals surface area contributed by atoms with Gasteiger partial charge < -0.3 is 9.74 Å². The molecule has 5 rings (SSSR count). The van der Waals surface area contributed by atoms with Gasteiger partial charge in [0.05, 0.1) is 0 Å². The van der Waals surface area contributed by atoms with Crippen LogP contribution < -0.4 is 4.90 Å². The number of rotatable bonds is 3. The molecule has 4 heteroatoms. The van der Waals surface area contributed by atoms with E-state index in [0.717, 1.165) is 22.6 Å². The summed E-state index contributed by atoms with van der Waals surface area (Å²) in [5.74, 6) is 1.73. The van der Waals surface area contributed by atoms with E-state index in [1.54, 1.807) is 6.73 Å². The van der Waals surface area contributed by atoms with Crippen LogP contribution in [0.5, 0.6) is 0 Å². The van der Waals surface area contributed by atoms with Crippen LogP contribution in [0.15, 0.2) is 59.8 Å². The van der Waals surface area contributed by atoms with E-state index in [1.165, 1.54) is 27.8 Å². The molecular weight excluding hydrogens is 549 g/mol. The molecule has 0 atom stereocenters. The summed E-state index contributed by atoms with van der Waals surface area (Å²) in [7, 11) is 0. The van der Waals surface area contributed by atoms with Crippen LogP contribution in [0, 0.1) is 12.8 Å². The second-order valence-electron chi connectivity index (χ2n) is 8.31. The summed E-state index contributed by atoms with van der Waals surface area (Å²) in [4.78, 5) is 7.33. The molecule has 0 saturated heterocycles. The van der Waals surface area contributed by atoms with Gasteiger partial charge in [-0.05, 0) is 46.9 Å². The van der Waals surface area contributed by atoms with Crippen LogP contribution in [0.4, 0.5) is 5.69 Å². The quantitative estimate of drug-likeness (QED) is 0.327. The SMILES string of the molecule is CC(C)c1cccc(C(C)C)c1-c1ccc2c(c1)C1=NO[CH-]N1c1[c-]cccc1-2.[Ir]. The molecule has 3 aromatic rings. The van der Waals surface area contributed by atoms with Crippen molar-refractivity contribution in [3.63, 3.8) is 0 Å². The van der Waals surface area contributed by atoms with Gasteiger partial charge in [0.15, 0.2) is 0 Å². The number of fused-ring (bicyclic) bond motifs is 6. The van der Waals surface area contributed by atoms with Crippen molar-refractivity contribution in [1.29, 1.82) is 0 Å². The third-order valence-corrected chi connectivity index (χ3v) is 5.81. The van der Waals surface area contributed by atoms with Crippen LogP contribution >= 0.6 is 0 Å². The molecule has 0 unspecified atom stereocenters. The van der Waals surface area contributed by atoms with Crippen LogP contribution in [0.1, 0.15) is 56.2 Å². The Bertz CT molecular complexity index is 1110. The summed E-state index contributed by atoms with van der Waals surface area (Å²) in [5, 5.41) is 4.31. The van der Waals surface area contributed by atoms with Crippen molar-refractivity contribution in [3.8, 4) is 22.3 Å². The minimum atomic E-state index is 0. The molecule has 30 heavy (non-hydrogen) atoms. The van der Waals surface area contributed by atoms with Crippen LogP contribution in [0.25, 0.3) is 22.3 Å². The maximum atomic E-state index is 5.34. The fraction of sp³-hybridized carbons (Fsp3) is 0.231. The Morgan fingerprint density at radius 1 is 0.900 bits per heavy atom. The van der Waals surface area contributed by atoms with Crippen LogP contribution in [0.3, 0.4) is 0 Å². The topological polar surface area (TPSA) is 24.8 Å². The third kappa shape index (κ3) is 3.19. The van der Waals surface area contributed by atoms with Gasteiger partial charge in [-0.1, -0.05) is 69.3 Å². The minimum Gasteiger partial charge on any atom is -0.544 e. The summed E-state index contributed by atoms with van der Waals surface area (Å²) in [6.07, 6.45) is 0. The summed E-state index contributed by atoms with van der Waals surface area (Å²) in [6, 6.07) is 22.9. The molecular formula is C26H24IrN2O-2. The molecule has 155 valence electrons. The molecule has 2 aliphatic rings. The molecule has 3 nitrogen and oxygen atoms in total. The number of hydrogen-bond acceptors (Lipinski definition) is 3. The van der Waals surface area contributed by atoms with Crippen molar-refractivity contribution in [2.75, 3.05) is 4.90 Å². The van der Waals surface area contributed by atoms with Crippen molar-refractivity contribution in [3.05, 3.63) is 84.1 Å². The van der Waals surface area contributed by atoms with Gasteiger partial charge in [0, 0.05) is 25.7 Å². The first-order valence-electron chi connectivity index (χ1n) is 10.2. The number of benzene rings is 3. The maximum Gasteiger partial charge on any atom is 0.148 e. The van der Waals surface area contributed by atoms with Crippen LogP contribution in [-0.4, -0.2) is 5.84 Å². The Hall–Kier alpha value is -2.42. The van der Waals surface area contributed by atoms with Crippen LogP contribution in [-0.2, 0) is 24.9 Å². The van der Waals surface area contributed by atoms with E-state index in [9.17, 15) is 0 Å². The molecule has 2 heterocycles. The van der Waals surface area contributed by atoms with Crippen molar-refractivity contribution in [2.45, 2.75) is 39.5 Å². The monoisotopic (exact) mass is 573 g/mol. The van der Waals surface area contributed by atoms with E-state index in [-0.39, 0.29) is 20.1 Å². The summed E-state index contributed by atoms with van der Waals surface area (Å²) in [6.45, 7) is 10.7. The van der Waals surface area contributed by atoms with E-state index < -0.39 is 0 Å². The maximum absolute atomic E-state index is 5.34. The number of oxime groups is 1. The number of para-hydroxylation sites is 1. The molecule has 0 fully saturated rings. The molecule has 0 saturated carbocycles. The molecule has 1 radical (unpaired) electrons. The number of hydrogen-bond donors (Lipinski definition) is 0. The molecule has 0 aromatic heterocycles. The van der Waals surface area contributed by atoms with E-state index in [1.807, 2.05) is 17.0 Å². The Kier molecular flexibility index (Phi) is 5.57. The molecule has 0 N–H and O–H groups in total. The largest absolute Gasteiger partial charge is 0.544 e. The summed E-state index contributed by atoms with van der Waals surface area (Å²) < 4.78 is 0. The predicted molar refractivity (Wildman–Crippen MR) is 119 cm³/mol. The van der Waals surface area contributed by atoms with Crippen LogP contribution in [0.2, 0.25) is 0 Å². The molecule has 2 aliphatic heterocycles. The number of nitrogens with zero attached hydrogens (tertiary/aromatic N) is 2. The summed E-state index contributed by atoms with van der Waals surface area (Å²) >= 11 is 0. The second kappa shape index (κ2) is 8.02. The van der Waals surface area contributed by atoms with Gasteiger partial charge in [-0.15, -0.1) is 10.7 Å².